The Morgan fingerprint density at radius 3 is 1.75 bits per heavy atom. The fourth-order valence-corrected chi connectivity index (χ4v) is 0. The molecule has 0 aliphatic rings. The molecule has 0 saturated heterocycles. The summed E-state index contributed by atoms with van der Waals surface area (Å²) >= 11 is 0.410. The topological polar surface area (TPSA) is 23.8 Å². The van der Waals surface area contributed by atoms with E-state index in [4.69, 9.17) is 5.26 Å². The second kappa shape index (κ2) is 8.83. The molecule has 0 aromatic carbocycles. The number of nitrogens with zero attached hydrogens (tertiary/aromatic N) is 1. The number of hydrogen-bond donors (Lipinski definition) is 0. The Hall–Kier alpha value is 1.75. The van der Waals surface area contributed by atoms with Crippen LogP contribution in [0.4, 0.5) is 0 Å². The molecule has 0 aromatic rings. The quantitative estimate of drug-likeness (QED) is 0.411. The predicted molar refractivity (Wildman–Crippen MR) is 11.4 cm³/mol. The second-order valence-electron chi connectivity index (χ2n) is 0.224. The van der Waals surface area contributed by atoms with Crippen LogP contribution in [0.2, 0.25) is 0 Å². The molecule has 0 bridgehead atoms. The first-order valence-corrected chi connectivity index (χ1v) is 2.29. The summed E-state index contributed by atoms with van der Waals surface area (Å²) < 4.78 is 1.94. The van der Waals surface area contributed by atoms with Crippen LogP contribution in [0, 0.1) is 5.43 Å². The van der Waals surface area contributed by atoms with E-state index in [1.165, 1.54) is 0 Å². The largest absolute Gasteiger partial charge is 0 e. The van der Waals surface area contributed by atoms with Gasteiger partial charge in [0.1, 0.15) is 0 Å². The molecule has 0 heterocycles. The van der Waals surface area contributed by atoms with Crippen molar-refractivity contribution in [1.29, 1.82) is 5.26 Å². The van der Waals surface area contributed by atoms with Gasteiger partial charge in [-0.15, -0.1) is 0 Å². The van der Waals surface area contributed by atoms with Crippen molar-refractivity contribution in [3.05, 3.63) is 0 Å². The zero-order valence-electron chi connectivity index (χ0n) is 2.65. The van der Waals surface area contributed by atoms with Gasteiger partial charge in [-0.2, -0.15) is 0 Å². The third-order valence-corrected chi connectivity index (χ3v) is 0. The summed E-state index contributed by atoms with van der Waals surface area (Å²) in [7, 11) is 0. The van der Waals surface area contributed by atoms with Crippen molar-refractivity contribution in [2.24, 2.45) is 0 Å². The maximum Gasteiger partial charge on any atom is 0 e. The van der Waals surface area contributed by atoms with Crippen molar-refractivity contribution in [1.82, 2.24) is 0 Å². The van der Waals surface area contributed by atoms with Crippen molar-refractivity contribution in [2.75, 3.05) is 0 Å². The Morgan fingerprint density at radius 2 is 1.75 bits per heavy atom. The number of nitriles is 1. The third-order valence-electron chi connectivity index (χ3n) is 0. The molecule has 1 nitrogen and oxygen atoms in total. The van der Waals surface area contributed by atoms with E-state index in [9.17, 15) is 0 Å². The summed E-state index contributed by atoms with van der Waals surface area (Å²) in [6, 6.07) is 0. The molecule has 4 heavy (non-hydrogen) atoms. The molecule has 0 amide bonds. The summed E-state index contributed by atoms with van der Waals surface area (Å²) in [4.78, 5) is 0. The predicted octanol–water partition coefficient (Wildman–Crippen LogP) is -0.367. The van der Waals surface area contributed by atoms with Crippen molar-refractivity contribution in [2.45, 2.75) is 0 Å². The van der Waals surface area contributed by atoms with Gasteiger partial charge in [0.2, 0.25) is 0 Å². The molecule has 0 fully saturated rings. The van der Waals surface area contributed by atoms with Crippen LogP contribution in [0.15, 0.2) is 0 Å². The summed E-state index contributed by atoms with van der Waals surface area (Å²) in [5, 5.41) is 7.40. The van der Waals surface area contributed by atoms with Gasteiger partial charge in [-0.05, 0) is 0 Å². The molecule has 0 saturated carbocycles. The summed E-state index contributed by atoms with van der Waals surface area (Å²) in [5.74, 6) is 0. The van der Waals surface area contributed by atoms with Gasteiger partial charge >= 0.3 is 54.4 Å². The van der Waals surface area contributed by atoms with Crippen LogP contribution in [0.5, 0.6) is 0 Å². The van der Waals surface area contributed by atoms with Crippen LogP contribution < -0.4 is 0 Å². The van der Waals surface area contributed by atoms with Gasteiger partial charge in [0.25, 0.3) is 0 Å². The number of rotatable bonds is 0. The smallest absolute Gasteiger partial charge is 0 e. The fourth-order valence-electron chi connectivity index (χ4n) is 0. The minimum absolute atomic E-state index is 0. The van der Waals surface area contributed by atoms with E-state index >= 15 is 0 Å². The number of hydrogen-bond acceptors (Lipinski definition) is 1. The molecule has 0 aliphatic heterocycles. The SMILES string of the molecule is N#[C][K].[Zn]. The van der Waals surface area contributed by atoms with Gasteiger partial charge in [0.15, 0.2) is 0 Å². The molecular weight excluding hydrogens is 131 g/mol. The maximum atomic E-state index is 7.40. The van der Waals surface area contributed by atoms with Crippen molar-refractivity contribution in [3.8, 4) is 0.164 Å². The first-order chi connectivity index (χ1) is 1.41. The Morgan fingerprint density at radius 1 is 1.75 bits per heavy atom. The molecule has 0 rings (SSSR count). The first kappa shape index (κ1) is 9.23. The molecule has 0 spiro atoms. The van der Waals surface area contributed by atoms with Gasteiger partial charge in [-0.25, -0.2) is 0 Å². The molecule has 0 unspecified atom stereocenters. The van der Waals surface area contributed by atoms with Crippen molar-refractivity contribution in [3.63, 3.8) is 0 Å². The summed E-state index contributed by atoms with van der Waals surface area (Å²) in [6.45, 7) is 0. The van der Waals surface area contributed by atoms with E-state index in [0.717, 1.165) is 0 Å². The third kappa shape index (κ3) is 9.26. The summed E-state index contributed by atoms with van der Waals surface area (Å²) in [6.07, 6.45) is 0. The van der Waals surface area contributed by atoms with Gasteiger partial charge < -0.3 is 0 Å². The standard InChI is InChI=1S/CN.K.Zn/c1-2;;. The first-order valence-electron chi connectivity index (χ1n) is 0.724. The molecule has 12 valence electrons. The van der Waals surface area contributed by atoms with E-state index in [-0.39, 0.29) is 19.5 Å². The van der Waals surface area contributed by atoms with E-state index in [1.54, 1.807) is 0 Å². The monoisotopic (exact) mass is 129 g/mol. The van der Waals surface area contributed by atoms with Gasteiger partial charge in [0, 0.05) is 19.5 Å². The average Bonchev–Trinajstić information content (AvgIpc) is 0.918. The van der Waals surface area contributed by atoms with Gasteiger partial charge in [-0.3, -0.25) is 0 Å². The van der Waals surface area contributed by atoms with Crippen LogP contribution in [-0.4, -0.2) is 49.0 Å². The Labute approximate surface area is 72.1 Å². The van der Waals surface area contributed by atoms with Gasteiger partial charge in [-0.1, -0.05) is 0 Å². The second-order valence-corrected chi connectivity index (χ2v) is 0.922. The van der Waals surface area contributed by atoms with E-state index in [0.29, 0.717) is 49.0 Å². The zero-order chi connectivity index (χ0) is 2.71. The summed E-state index contributed by atoms with van der Waals surface area (Å²) in [5.41, 5.74) is 0. The molecule has 0 aliphatic carbocycles. The Bertz CT molecular complexity index is 29.5. The Kier molecular flexibility index (Phi) is 20.4. The minimum Gasteiger partial charge on any atom is 0 e. The molecule has 3 heteroatoms. The molecule has 0 radical (unpaired) electrons. The Balaban J connectivity index is 0. The van der Waals surface area contributed by atoms with E-state index in [1.807, 2.05) is 0.164 Å². The van der Waals surface area contributed by atoms with Crippen LogP contribution in [-0.2, 0) is 19.5 Å². The maximum absolute atomic E-state index is 7.40. The molecule has 0 N–H and O–H groups in total. The van der Waals surface area contributed by atoms with Gasteiger partial charge in [0.05, 0.1) is 0 Å². The normalized spacial score (nSPS) is 2.25. The molecule has 0 atom stereocenters. The van der Waals surface area contributed by atoms with Crippen molar-refractivity contribution >= 4 is 49.0 Å². The fraction of sp³-hybridized carbons (Fsp3) is 0. The average molecular weight is 131 g/mol. The molecule has 0 aromatic heterocycles. The van der Waals surface area contributed by atoms with Crippen LogP contribution >= 0.6 is 0 Å². The van der Waals surface area contributed by atoms with E-state index < -0.39 is 0 Å². The van der Waals surface area contributed by atoms with Crippen molar-refractivity contribution < 1.29 is 19.5 Å². The molecular formula is CKNZn. The minimum atomic E-state index is 0. The van der Waals surface area contributed by atoms with E-state index in [2.05, 4.69) is 0 Å². The van der Waals surface area contributed by atoms with Crippen LogP contribution in [0.25, 0.3) is 0 Å². The van der Waals surface area contributed by atoms with Crippen LogP contribution in [0.3, 0.4) is 0 Å². The zero-order valence-corrected chi connectivity index (χ0v) is 8.74. The van der Waals surface area contributed by atoms with Crippen LogP contribution in [0.1, 0.15) is 0 Å².